The molecule has 1 aliphatic rings. The molecule has 2 rings (SSSR count). The number of rotatable bonds is 5. The van der Waals surface area contributed by atoms with Crippen LogP contribution in [-0.4, -0.2) is 48.9 Å². The molecule has 0 aromatic heterocycles. The molecule has 132 valence electrons. The first-order chi connectivity index (χ1) is 11.1. The van der Waals surface area contributed by atoms with E-state index in [1.54, 1.807) is 6.92 Å². The molecule has 0 radical (unpaired) electrons. The molecule has 0 saturated carbocycles. The van der Waals surface area contributed by atoms with Gasteiger partial charge in [-0.15, -0.1) is 0 Å². The number of likely N-dealkylation sites (tertiary alicyclic amines) is 1. The van der Waals surface area contributed by atoms with Crippen LogP contribution < -0.4 is 4.72 Å². The van der Waals surface area contributed by atoms with Crippen molar-refractivity contribution < 1.29 is 23.1 Å². The molecule has 1 aromatic rings. The number of aliphatic carboxylic acids is 1. The SMILES string of the molecule is CC(NS(=O)(=O)c1ccc(Cl)cc1)C(=O)N1CCC(C(=O)O)C1C. The van der Waals surface area contributed by atoms with E-state index >= 15 is 0 Å². The molecule has 1 aromatic carbocycles. The highest BCUT2D eigenvalue weighted by atomic mass is 35.5. The first-order valence-corrected chi connectivity index (χ1v) is 9.31. The molecule has 1 fully saturated rings. The average Bonchev–Trinajstić information content (AvgIpc) is 2.88. The number of hydrogen-bond donors (Lipinski definition) is 2. The average molecular weight is 375 g/mol. The van der Waals surface area contributed by atoms with Crippen LogP contribution in [0.1, 0.15) is 20.3 Å². The molecule has 3 atom stereocenters. The van der Waals surface area contributed by atoms with Gasteiger partial charge in [0.05, 0.1) is 16.9 Å². The minimum atomic E-state index is -3.87. The minimum absolute atomic E-state index is 0.00410. The fourth-order valence-corrected chi connectivity index (χ4v) is 4.12. The van der Waals surface area contributed by atoms with Crippen molar-refractivity contribution in [3.8, 4) is 0 Å². The molecular formula is C15H19ClN2O5S. The lowest BCUT2D eigenvalue weighted by atomic mass is 10.0. The second-order valence-electron chi connectivity index (χ2n) is 5.80. The molecule has 0 bridgehead atoms. The first kappa shape index (κ1) is 18.7. The number of carbonyl (C=O) groups excluding carboxylic acids is 1. The summed E-state index contributed by atoms with van der Waals surface area (Å²) in [6, 6.07) is 4.12. The van der Waals surface area contributed by atoms with Gasteiger partial charge >= 0.3 is 5.97 Å². The Morgan fingerprint density at radius 1 is 1.33 bits per heavy atom. The standard InChI is InChI=1S/C15H19ClN2O5S/c1-9(14(19)18-8-7-13(10(18)2)15(20)21)17-24(22,23)12-5-3-11(16)4-6-12/h3-6,9-10,13,17H,7-8H2,1-2H3,(H,20,21). The van der Waals surface area contributed by atoms with E-state index < -0.39 is 39.9 Å². The lowest BCUT2D eigenvalue weighted by molar-refractivity contribution is -0.143. The van der Waals surface area contributed by atoms with Crippen molar-refractivity contribution in [2.75, 3.05) is 6.54 Å². The van der Waals surface area contributed by atoms with E-state index in [0.29, 0.717) is 18.0 Å². The van der Waals surface area contributed by atoms with Crippen LogP contribution >= 0.6 is 11.6 Å². The minimum Gasteiger partial charge on any atom is -0.481 e. The third kappa shape index (κ3) is 3.88. The van der Waals surface area contributed by atoms with Gasteiger partial charge in [-0.3, -0.25) is 9.59 Å². The Kier molecular flexibility index (Phi) is 5.52. The van der Waals surface area contributed by atoms with Crippen molar-refractivity contribution in [2.45, 2.75) is 37.2 Å². The van der Waals surface area contributed by atoms with Crippen molar-refractivity contribution in [2.24, 2.45) is 5.92 Å². The van der Waals surface area contributed by atoms with Crippen LogP contribution in [0.2, 0.25) is 5.02 Å². The van der Waals surface area contributed by atoms with Crippen LogP contribution in [0.3, 0.4) is 0 Å². The number of carboxylic acids is 1. The lowest BCUT2D eigenvalue weighted by Gasteiger charge is -2.26. The first-order valence-electron chi connectivity index (χ1n) is 7.44. The summed E-state index contributed by atoms with van der Waals surface area (Å²) >= 11 is 5.74. The van der Waals surface area contributed by atoms with E-state index in [9.17, 15) is 18.0 Å². The van der Waals surface area contributed by atoms with E-state index in [0.717, 1.165) is 0 Å². The third-order valence-electron chi connectivity index (χ3n) is 4.18. The second kappa shape index (κ2) is 7.08. The van der Waals surface area contributed by atoms with Gasteiger partial charge in [0.15, 0.2) is 0 Å². The van der Waals surface area contributed by atoms with Gasteiger partial charge in [-0.25, -0.2) is 8.42 Å². The highest BCUT2D eigenvalue weighted by Gasteiger charge is 2.40. The van der Waals surface area contributed by atoms with Gasteiger partial charge in [0.2, 0.25) is 15.9 Å². The number of carbonyl (C=O) groups is 2. The summed E-state index contributed by atoms with van der Waals surface area (Å²) in [6.07, 6.45) is 0.360. The van der Waals surface area contributed by atoms with Gasteiger partial charge in [-0.05, 0) is 44.5 Å². The van der Waals surface area contributed by atoms with Gasteiger partial charge < -0.3 is 10.0 Å². The number of benzene rings is 1. The van der Waals surface area contributed by atoms with E-state index in [1.165, 1.54) is 36.1 Å². The van der Waals surface area contributed by atoms with E-state index in [2.05, 4.69) is 4.72 Å². The molecule has 1 saturated heterocycles. The Balaban J connectivity index is 2.09. The number of halogens is 1. The molecular weight excluding hydrogens is 356 g/mol. The second-order valence-corrected chi connectivity index (χ2v) is 7.95. The van der Waals surface area contributed by atoms with Crippen molar-refractivity contribution in [3.63, 3.8) is 0 Å². The molecule has 2 N–H and O–H groups in total. The number of nitrogens with one attached hydrogen (secondary N) is 1. The van der Waals surface area contributed by atoms with E-state index in [4.69, 9.17) is 16.7 Å². The summed E-state index contributed by atoms with van der Waals surface area (Å²) in [4.78, 5) is 25.0. The molecule has 24 heavy (non-hydrogen) atoms. The van der Waals surface area contributed by atoms with Crippen molar-refractivity contribution in [1.29, 1.82) is 0 Å². The Morgan fingerprint density at radius 2 is 1.92 bits per heavy atom. The smallest absolute Gasteiger partial charge is 0.308 e. The molecule has 3 unspecified atom stereocenters. The number of hydrogen-bond acceptors (Lipinski definition) is 4. The zero-order valence-corrected chi connectivity index (χ0v) is 14.8. The maximum absolute atomic E-state index is 12.5. The summed E-state index contributed by atoms with van der Waals surface area (Å²) in [5.41, 5.74) is 0. The van der Waals surface area contributed by atoms with E-state index in [1.807, 2.05) is 0 Å². The van der Waals surface area contributed by atoms with Crippen LogP contribution in [0.5, 0.6) is 0 Å². The molecule has 0 spiro atoms. The third-order valence-corrected chi connectivity index (χ3v) is 5.99. The van der Waals surface area contributed by atoms with Crippen LogP contribution in [0.4, 0.5) is 0 Å². The Labute approximate surface area is 145 Å². The van der Waals surface area contributed by atoms with Crippen LogP contribution in [0, 0.1) is 5.92 Å². The summed E-state index contributed by atoms with van der Waals surface area (Å²) < 4.78 is 26.9. The summed E-state index contributed by atoms with van der Waals surface area (Å²) in [6.45, 7) is 3.39. The van der Waals surface area contributed by atoms with Gasteiger partial charge in [0.25, 0.3) is 0 Å². The van der Waals surface area contributed by atoms with E-state index in [-0.39, 0.29) is 4.90 Å². The van der Waals surface area contributed by atoms with Crippen molar-refractivity contribution >= 4 is 33.5 Å². The van der Waals surface area contributed by atoms with Crippen molar-refractivity contribution in [3.05, 3.63) is 29.3 Å². The van der Waals surface area contributed by atoms with Gasteiger partial charge in [0, 0.05) is 17.6 Å². The van der Waals surface area contributed by atoms with Gasteiger partial charge in [-0.1, -0.05) is 11.6 Å². The number of sulfonamides is 1. The molecule has 7 nitrogen and oxygen atoms in total. The van der Waals surface area contributed by atoms with Crippen LogP contribution in [-0.2, 0) is 19.6 Å². The quantitative estimate of drug-likeness (QED) is 0.809. The van der Waals surface area contributed by atoms with Gasteiger partial charge in [0.1, 0.15) is 0 Å². The Bertz CT molecular complexity index is 735. The lowest BCUT2D eigenvalue weighted by Crippen LogP contribution is -2.48. The number of carboxylic acid groups (broad SMARTS) is 1. The molecule has 1 heterocycles. The fraction of sp³-hybridized carbons (Fsp3) is 0.467. The molecule has 1 aliphatic heterocycles. The topological polar surface area (TPSA) is 104 Å². The largest absolute Gasteiger partial charge is 0.481 e. The Morgan fingerprint density at radius 3 is 2.42 bits per heavy atom. The summed E-state index contributed by atoms with van der Waals surface area (Å²) in [5.74, 6) is -2.02. The van der Waals surface area contributed by atoms with Crippen LogP contribution in [0.15, 0.2) is 29.2 Å². The molecule has 0 aliphatic carbocycles. The monoisotopic (exact) mass is 374 g/mol. The van der Waals surface area contributed by atoms with Crippen molar-refractivity contribution in [1.82, 2.24) is 9.62 Å². The van der Waals surface area contributed by atoms with Crippen LogP contribution in [0.25, 0.3) is 0 Å². The molecule has 9 heteroatoms. The highest BCUT2D eigenvalue weighted by Crippen LogP contribution is 2.25. The Hall–Kier alpha value is -1.64. The highest BCUT2D eigenvalue weighted by molar-refractivity contribution is 7.89. The van der Waals surface area contributed by atoms with Gasteiger partial charge in [-0.2, -0.15) is 4.72 Å². The summed E-state index contributed by atoms with van der Waals surface area (Å²) in [5, 5.41) is 9.53. The molecule has 1 amide bonds. The zero-order valence-electron chi connectivity index (χ0n) is 13.3. The maximum Gasteiger partial charge on any atom is 0.308 e. The summed E-state index contributed by atoms with van der Waals surface area (Å²) in [7, 11) is -3.87. The predicted molar refractivity (Wildman–Crippen MR) is 88.2 cm³/mol. The number of nitrogens with zero attached hydrogens (tertiary/aromatic N) is 1. The number of amides is 1. The maximum atomic E-state index is 12.5. The predicted octanol–water partition coefficient (Wildman–Crippen LogP) is 1.33. The zero-order chi connectivity index (χ0) is 18.1. The normalized spacial score (nSPS) is 22.4. The fourth-order valence-electron chi connectivity index (χ4n) is 2.79.